The summed E-state index contributed by atoms with van der Waals surface area (Å²) in [4.78, 5) is 78.1. The molecule has 41 heteroatoms. The average Bonchev–Trinajstić information content (AvgIpc) is 0.851. The summed E-state index contributed by atoms with van der Waals surface area (Å²) in [5.41, 5.74) is 2.85. The quantitative estimate of drug-likeness (QED) is 0.0489. The van der Waals surface area contributed by atoms with E-state index in [4.69, 9.17) is 102 Å². The van der Waals surface area contributed by atoms with Gasteiger partial charge in [-0.05, 0) is 203 Å². The van der Waals surface area contributed by atoms with Crippen LogP contribution < -0.4 is 38.3 Å². The lowest BCUT2D eigenvalue weighted by atomic mass is 10.1. The van der Waals surface area contributed by atoms with Crippen molar-refractivity contribution in [2.24, 2.45) is 0 Å². The molecule has 12 rings (SSSR count). The van der Waals surface area contributed by atoms with Crippen molar-refractivity contribution in [1.29, 1.82) is 0 Å². The Kier molecular flexibility index (Phi) is 31.9. The highest BCUT2D eigenvalue weighted by atomic mass is 35.5. The number of thiazole rings is 1. The summed E-state index contributed by atoms with van der Waals surface area (Å²) in [6, 6.07) is 34.7. The lowest BCUT2D eigenvalue weighted by Crippen LogP contribution is -2.41. The van der Waals surface area contributed by atoms with Crippen LogP contribution in [-0.2, 0) is 44.8 Å². The molecule has 0 spiro atoms. The standard InChI is InChI=1S/C21H19Cl2N3O4S.C20H16Cl2FN3O3S.C19H21Cl2N3O4S.C18H16Cl2N4O3S2/c1-13-9-17(7-8-18(13)23)31(28,29)25-19-10-14(22)12-24-20(19)21(27)26(2)15-5-4-6-16(11-15)30-3;1-12-9-16(7-8-17(12)22)30(28,29)25-18-10-13(21)11-24-19(18)20(27)26(2)15-5-3-14(23)4-6-15;1-12-9-15(3-4-16(12)21)29(26,27)23-17-10-13(20)11-22-18(17)19(25)24(2)14-5-7-28-8-6-14;1-3-24(18-21-6-7-28-18)17(25)16-15(9-12(19)10-22-16)23-29(26,27)13-4-5-14(20)11(2)8-13/h4-12,25H,1-3H3;3-11,25H,1-2H3;3-4,9-11,14,23H,5-8H2,1-2H3;4-10,23H,3H2,1-2H3. The third-order valence-electron chi connectivity index (χ3n) is 17.5. The summed E-state index contributed by atoms with van der Waals surface area (Å²) in [6.07, 6.45) is 8.11. The number of methoxy groups -OCH3 is 1. The van der Waals surface area contributed by atoms with Gasteiger partial charge in [0.1, 0.15) is 11.6 Å². The highest BCUT2D eigenvalue weighted by Gasteiger charge is 2.32. The van der Waals surface area contributed by atoms with Gasteiger partial charge in [0.05, 0.1) is 69.5 Å². The molecule has 4 N–H and O–H groups in total. The molecular weight excluding hydrogens is 1810 g/mol. The average molecular weight is 1880 g/mol. The summed E-state index contributed by atoms with van der Waals surface area (Å²) >= 11 is 49.2. The number of nitrogens with zero attached hydrogens (tertiary/aromatic N) is 9. The number of benzene rings is 6. The van der Waals surface area contributed by atoms with Crippen molar-refractivity contribution in [3.05, 3.63) is 273 Å². The van der Waals surface area contributed by atoms with E-state index in [1.165, 1.54) is 186 Å². The van der Waals surface area contributed by atoms with Crippen molar-refractivity contribution in [2.45, 2.75) is 73.1 Å². The van der Waals surface area contributed by atoms with Crippen LogP contribution in [0.4, 0.5) is 43.6 Å². The number of rotatable bonds is 22. The highest BCUT2D eigenvalue weighted by molar-refractivity contribution is 7.93. The number of carbonyl (C=O) groups excluding carboxylic acids is 4. The zero-order valence-electron chi connectivity index (χ0n) is 64.1. The van der Waals surface area contributed by atoms with Gasteiger partial charge in [-0.15, -0.1) is 11.3 Å². The summed E-state index contributed by atoms with van der Waals surface area (Å²) in [6.45, 7) is 10.0. The third-order valence-corrected chi connectivity index (χ3v) is 26.3. The third kappa shape index (κ3) is 24.2. The normalized spacial score (nSPS) is 12.2. The van der Waals surface area contributed by atoms with Crippen LogP contribution in [0.2, 0.25) is 40.2 Å². The molecule has 5 aromatic heterocycles. The first-order chi connectivity index (χ1) is 56.1. The first kappa shape index (κ1) is 93.3. The van der Waals surface area contributed by atoms with E-state index < -0.39 is 69.5 Å². The van der Waals surface area contributed by atoms with E-state index in [0.29, 0.717) is 97.2 Å². The van der Waals surface area contributed by atoms with Crippen LogP contribution >= 0.6 is 104 Å². The lowest BCUT2D eigenvalue weighted by molar-refractivity contribution is 0.0359. The number of sulfonamides is 4. The minimum atomic E-state index is -4.05. The van der Waals surface area contributed by atoms with Crippen LogP contribution in [0.25, 0.3) is 0 Å². The molecule has 0 bridgehead atoms. The van der Waals surface area contributed by atoms with E-state index in [1.807, 2.05) is 0 Å². The van der Waals surface area contributed by atoms with Crippen molar-refractivity contribution in [3.8, 4) is 5.75 Å². The summed E-state index contributed by atoms with van der Waals surface area (Å²) in [5.74, 6) is -1.91. The van der Waals surface area contributed by atoms with Crippen LogP contribution in [-0.4, -0.2) is 141 Å². The van der Waals surface area contributed by atoms with Crippen molar-refractivity contribution in [2.75, 3.05) is 81.6 Å². The van der Waals surface area contributed by atoms with Gasteiger partial charge in [-0.1, -0.05) is 98.9 Å². The second kappa shape index (κ2) is 40.7. The number of anilines is 7. The molecule has 1 aliphatic heterocycles. The van der Waals surface area contributed by atoms with Gasteiger partial charge in [-0.3, -0.25) is 43.0 Å². The number of hydrogen-bond acceptors (Lipinski definition) is 20. The van der Waals surface area contributed by atoms with Gasteiger partial charge in [0.15, 0.2) is 27.9 Å². The van der Waals surface area contributed by atoms with Gasteiger partial charge in [0, 0.05) is 121 Å². The Hall–Kier alpha value is -9.56. The van der Waals surface area contributed by atoms with E-state index in [2.05, 4.69) is 43.8 Å². The van der Waals surface area contributed by atoms with E-state index in [-0.39, 0.29) is 91.2 Å². The number of aryl methyl sites for hydroxylation is 4. The Labute approximate surface area is 730 Å². The van der Waals surface area contributed by atoms with Gasteiger partial charge in [-0.25, -0.2) is 63.0 Å². The summed E-state index contributed by atoms with van der Waals surface area (Å²) in [7, 11) is -9.84. The van der Waals surface area contributed by atoms with Gasteiger partial charge in [0.25, 0.3) is 63.7 Å². The molecule has 6 heterocycles. The topological polar surface area (TPSA) is 349 Å². The maximum Gasteiger partial charge on any atom is 0.280 e. The molecule has 4 amide bonds. The second-order valence-electron chi connectivity index (χ2n) is 25.8. The molecule has 626 valence electrons. The van der Waals surface area contributed by atoms with Crippen molar-refractivity contribution >= 4 is 207 Å². The Morgan fingerprint density at radius 1 is 0.462 bits per heavy atom. The molecule has 119 heavy (non-hydrogen) atoms. The van der Waals surface area contributed by atoms with Crippen LogP contribution in [0.15, 0.2) is 202 Å². The number of hydrogen-bond donors (Lipinski definition) is 4. The number of pyridine rings is 4. The molecule has 0 aliphatic carbocycles. The Morgan fingerprint density at radius 3 is 1.13 bits per heavy atom. The maximum absolute atomic E-state index is 13.2. The number of carbonyl (C=O) groups is 4. The fourth-order valence-electron chi connectivity index (χ4n) is 11.0. The lowest BCUT2D eigenvalue weighted by Gasteiger charge is -2.31. The van der Waals surface area contributed by atoms with Gasteiger partial charge < -0.3 is 24.2 Å². The Bertz CT molecular complexity index is 6110. The molecule has 11 aromatic rings. The minimum absolute atomic E-state index is 0.00269. The van der Waals surface area contributed by atoms with Gasteiger partial charge >= 0.3 is 0 Å². The van der Waals surface area contributed by atoms with Crippen LogP contribution in [0.5, 0.6) is 5.75 Å². The fraction of sp³-hybridized carbons (Fsp3) is 0.192. The van der Waals surface area contributed by atoms with Gasteiger partial charge in [-0.2, -0.15) is 0 Å². The number of halogens is 9. The minimum Gasteiger partial charge on any atom is -0.497 e. The molecule has 0 atom stereocenters. The predicted molar refractivity (Wildman–Crippen MR) is 465 cm³/mol. The number of nitrogens with one attached hydrogen (secondary N) is 4. The fourth-order valence-corrected chi connectivity index (χ4v) is 17.4. The van der Waals surface area contributed by atoms with Crippen molar-refractivity contribution in [3.63, 3.8) is 0 Å². The summed E-state index contributed by atoms with van der Waals surface area (Å²) < 4.78 is 136. The Morgan fingerprint density at radius 2 is 0.807 bits per heavy atom. The number of aromatic nitrogens is 5. The van der Waals surface area contributed by atoms with E-state index in [9.17, 15) is 57.2 Å². The van der Waals surface area contributed by atoms with Crippen LogP contribution in [0.3, 0.4) is 0 Å². The van der Waals surface area contributed by atoms with E-state index in [1.54, 1.807) is 89.5 Å². The molecule has 0 radical (unpaired) electrons. The summed E-state index contributed by atoms with van der Waals surface area (Å²) in [5, 5.41) is 4.71. The monoisotopic (exact) mass is 1870 g/mol. The Balaban J connectivity index is 0.000000181. The van der Waals surface area contributed by atoms with Gasteiger partial charge in [0.2, 0.25) is 0 Å². The first-order valence-corrected chi connectivity index (χ1v) is 44.8. The molecule has 6 aromatic carbocycles. The number of ether oxygens (including phenoxy) is 2. The molecule has 0 saturated carbocycles. The molecule has 27 nitrogen and oxygen atoms in total. The zero-order chi connectivity index (χ0) is 87.2. The van der Waals surface area contributed by atoms with Crippen LogP contribution in [0, 0.1) is 33.5 Å². The van der Waals surface area contributed by atoms with Crippen molar-refractivity contribution in [1.82, 2.24) is 29.8 Å². The van der Waals surface area contributed by atoms with Crippen LogP contribution in [0.1, 0.15) is 84.0 Å². The SMILES string of the molecule is CCN(C(=O)c1ncc(Cl)cc1NS(=O)(=O)c1ccc(Cl)c(C)c1)c1nccs1.COc1cccc(N(C)C(=O)c2ncc(Cl)cc2NS(=O)(=O)c2ccc(Cl)c(C)c2)c1.Cc1cc(S(=O)(=O)Nc2cc(Cl)cnc2C(=O)N(C)C2CCOCC2)ccc1Cl.Cc1cc(S(=O)(=O)Nc2cc(Cl)cnc2C(=O)N(C)c2ccc(F)cc2)ccc1Cl. The molecular formula is C78H72Cl8FN13O14S5. The molecule has 0 unspecified atom stereocenters. The first-order valence-electron chi connectivity index (χ1n) is 34.9. The second-order valence-corrected chi connectivity index (χ2v) is 36.8. The van der Waals surface area contributed by atoms with E-state index in [0.717, 1.165) is 0 Å². The zero-order valence-corrected chi connectivity index (χ0v) is 74.2. The van der Waals surface area contributed by atoms with Crippen molar-refractivity contribution < 1.29 is 66.7 Å². The maximum atomic E-state index is 13.2. The predicted octanol–water partition coefficient (Wildman–Crippen LogP) is 18.1. The van der Waals surface area contributed by atoms with E-state index >= 15 is 0 Å². The molecule has 1 saturated heterocycles. The highest BCUT2D eigenvalue weighted by Crippen LogP contribution is 2.34. The largest absolute Gasteiger partial charge is 0.497 e. The smallest absolute Gasteiger partial charge is 0.280 e. The number of amides is 4. The molecule has 1 fully saturated rings. The molecule has 1 aliphatic rings.